The van der Waals surface area contributed by atoms with Crippen molar-refractivity contribution in [2.75, 3.05) is 33.5 Å². The van der Waals surface area contributed by atoms with Gasteiger partial charge in [-0.05, 0) is 38.0 Å². The lowest BCUT2D eigenvalue weighted by Gasteiger charge is -2.42. The lowest BCUT2D eigenvalue weighted by molar-refractivity contribution is -0.327. The van der Waals surface area contributed by atoms with E-state index >= 15 is 0 Å². The van der Waals surface area contributed by atoms with E-state index in [0.29, 0.717) is 6.42 Å². The van der Waals surface area contributed by atoms with Crippen molar-refractivity contribution in [2.45, 2.75) is 127 Å². The Balaban J connectivity index is 1.11. The Bertz CT molecular complexity index is 1840. The van der Waals surface area contributed by atoms with Gasteiger partial charge in [0.05, 0.1) is 70.0 Å². The third-order valence-corrected chi connectivity index (χ3v) is 13.3. The van der Waals surface area contributed by atoms with Crippen molar-refractivity contribution in [2.24, 2.45) is 35.5 Å². The summed E-state index contributed by atoms with van der Waals surface area (Å²) in [5.74, 6) is -6.18. The molecule has 6 aliphatic rings. The Labute approximate surface area is 373 Å². The Kier molecular flexibility index (Phi) is 16.8. The summed E-state index contributed by atoms with van der Waals surface area (Å²) in [6.07, 6.45) is -14.4. The van der Waals surface area contributed by atoms with Gasteiger partial charge in [-0.25, -0.2) is 9.59 Å². The minimum absolute atomic E-state index is 0.00501. The number of cyclic esters (lactones) is 1. The highest BCUT2D eigenvalue weighted by Gasteiger charge is 2.51. The lowest BCUT2D eigenvalue weighted by Crippen LogP contribution is -2.60. The van der Waals surface area contributed by atoms with E-state index in [1.807, 2.05) is 13.8 Å². The summed E-state index contributed by atoms with van der Waals surface area (Å²) in [4.78, 5) is 53.9. The predicted octanol–water partition coefficient (Wildman–Crippen LogP) is -1.90. The normalized spacial score (nSPS) is 41.6. The predicted molar refractivity (Wildman–Crippen MR) is 213 cm³/mol. The zero-order valence-corrected chi connectivity index (χ0v) is 36.5. The Morgan fingerprint density at radius 1 is 0.831 bits per heavy atom. The average Bonchev–Trinajstić information content (AvgIpc) is 3.60. The number of hydrogen-bond donors (Lipinski definition) is 8. The number of allylic oxidation sites excluding steroid dienone is 2. The van der Waals surface area contributed by atoms with Gasteiger partial charge in [-0.2, -0.15) is 0 Å². The summed E-state index contributed by atoms with van der Waals surface area (Å²) in [6, 6.07) is 0. The van der Waals surface area contributed by atoms with Gasteiger partial charge < -0.3 is 88.2 Å². The standard InChI is InChI=1S/C43H60O22/c1-6-19-22(25(38(54)56-5)15-59-40(19)64-42-36(52)34(50)32(48)28(11-44)62-42)9-30(46)57-13-17(3)21-8-27-18(4)24(21)14-58-31(47)10-23-20(7-2)41(60-16-26(23)39(55)61-27)65-43-37(53)35(51)33(49)29(12-45)63-43/h6-7,15-18,21-24,27-29,32-37,40-45,48-53H,8-14H2,1-5H3/b19-6-,20-7-/t17?,18?,21?,22?,23?,24-,27-,28-,29-,32-,33-,34+,35+,36-,37-,40?,41?,42+,43+/m1/s1. The van der Waals surface area contributed by atoms with Crippen LogP contribution in [0.15, 0.2) is 47.0 Å². The van der Waals surface area contributed by atoms with Gasteiger partial charge in [-0.15, -0.1) is 0 Å². The van der Waals surface area contributed by atoms with E-state index in [4.69, 9.17) is 47.4 Å². The SMILES string of the molecule is C/C=C1\C(O[C@@H]2O[C@H](CO)[C@@H](O)[C@H](O)[C@H]2O)OC=C(C(=O)OC)C1CC(=O)OCC(C)C1C[C@H]2OC(=O)C3=COC(O[C@@H]4O[C@H](CO)[C@@H](O)[C@H](O)[C@H]4O)/C(=C\C)C3CC(=O)OC[C@@H]1C2C. The molecule has 4 fully saturated rings. The second-order valence-electron chi connectivity index (χ2n) is 17.0. The minimum atomic E-state index is -1.76. The minimum Gasteiger partial charge on any atom is -0.468 e. The Hall–Kier alpha value is -4.04. The number of fused-ring (bicyclic) bond motifs is 3. The van der Waals surface area contributed by atoms with Crippen molar-refractivity contribution in [3.05, 3.63) is 47.0 Å². The molecule has 1 aliphatic carbocycles. The first-order valence-corrected chi connectivity index (χ1v) is 21.5. The molecule has 6 rings (SSSR count). The van der Waals surface area contributed by atoms with E-state index in [1.54, 1.807) is 19.9 Å². The van der Waals surface area contributed by atoms with Gasteiger partial charge in [0.2, 0.25) is 12.6 Å². The van der Waals surface area contributed by atoms with Gasteiger partial charge >= 0.3 is 23.9 Å². The largest absolute Gasteiger partial charge is 0.468 e. The number of methoxy groups -OCH3 is 1. The van der Waals surface area contributed by atoms with Crippen molar-refractivity contribution < 1.29 is 107 Å². The molecule has 0 aromatic rings. The van der Waals surface area contributed by atoms with Crippen molar-refractivity contribution in [1.82, 2.24) is 0 Å². The fourth-order valence-electron chi connectivity index (χ4n) is 9.33. The summed E-state index contributed by atoms with van der Waals surface area (Å²) in [7, 11) is 1.15. The molecule has 22 heteroatoms. The average molecular weight is 929 g/mol. The molecule has 8 N–H and O–H groups in total. The van der Waals surface area contributed by atoms with Crippen LogP contribution in [-0.4, -0.2) is 178 Å². The molecule has 0 radical (unpaired) electrons. The first kappa shape index (κ1) is 50.4. The Morgan fingerprint density at radius 2 is 1.40 bits per heavy atom. The molecule has 5 heterocycles. The number of carbonyl (C=O) groups is 4. The van der Waals surface area contributed by atoms with Gasteiger partial charge in [0.25, 0.3) is 0 Å². The highest BCUT2D eigenvalue weighted by molar-refractivity contribution is 5.91. The number of esters is 4. The summed E-state index contributed by atoms with van der Waals surface area (Å²) < 4.78 is 56.6. The smallest absolute Gasteiger partial charge is 0.338 e. The number of hydrogen-bond acceptors (Lipinski definition) is 22. The second-order valence-corrected chi connectivity index (χ2v) is 17.0. The maximum atomic E-state index is 13.9. The monoisotopic (exact) mass is 928 g/mol. The highest BCUT2D eigenvalue weighted by atomic mass is 16.8. The summed E-state index contributed by atoms with van der Waals surface area (Å²) >= 11 is 0. The molecule has 7 unspecified atom stereocenters. The molecule has 364 valence electrons. The third kappa shape index (κ3) is 10.6. The number of rotatable bonds is 12. The van der Waals surface area contributed by atoms with Crippen LogP contribution >= 0.6 is 0 Å². The number of aliphatic hydroxyl groups is 8. The van der Waals surface area contributed by atoms with Crippen LogP contribution in [0.2, 0.25) is 0 Å². The topological polar surface area (TPSA) is 322 Å². The molecule has 0 aromatic heterocycles. The fourth-order valence-corrected chi connectivity index (χ4v) is 9.33. The van der Waals surface area contributed by atoms with Gasteiger partial charge in [0.1, 0.15) is 54.9 Å². The molecule has 22 nitrogen and oxygen atoms in total. The maximum absolute atomic E-state index is 13.9. The molecule has 2 bridgehead atoms. The van der Waals surface area contributed by atoms with Crippen molar-refractivity contribution in [3.8, 4) is 0 Å². The molecule has 19 atom stereocenters. The van der Waals surface area contributed by atoms with Crippen molar-refractivity contribution in [3.63, 3.8) is 0 Å². The Morgan fingerprint density at radius 3 is 1.95 bits per heavy atom. The van der Waals surface area contributed by atoms with Crippen LogP contribution in [0.1, 0.15) is 47.0 Å². The molecule has 0 amide bonds. The maximum Gasteiger partial charge on any atom is 0.338 e. The van der Waals surface area contributed by atoms with Crippen LogP contribution in [0.25, 0.3) is 0 Å². The van der Waals surface area contributed by atoms with E-state index in [2.05, 4.69) is 0 Å². The quantitative estimate of drug-likeness (QED) is 0.0602. The van der Waals surface area contributed by atoms with Gasteiger partial charge in [-0.3, -0.25) is 9.59 Å². The molecule has 1 saturated carbocycles. The molecular weight excluding hydrogens is 868 g/mol. The van der Waals surface area contributed by atoms with E-state index in [0.717, 1.165) is 19.6 Å². The van der Waals surface area contributed by atoms with Gasteiger partial charge in [0.15, 0.2) is 12.6 Å². The first-order valence-electron chi connectivity index (χ1n) is 21.5. The van der Waals surface area contributed by atoms with Crippen LogP contribution in [0.3, 0.4) is 0 Å². The van der Waals surface area contributed by atoms with Crippen LogP contribution in [0.4, 0.5) is 0 Å². The number of aliphatic hydroxyl groups excluding tert-OH is 8. The van der Waals surface area contributed by atoms with Crippen LogP contribution in [-0.2, 0) is 66.5 Å². The lowest BCUT2D eigenvalue weighted by atomic mass is 9.83. The van der Waals surface area contributed by atoms with Gasteiger partial charge in [-0.1, -0.05) is 26.0 Å². The molecule has 3 saturated heterocycles. The first-order chi connectivity index (χ1) is 31.0. The molecular formula is C43H60O22. The molecule has 0 spiro atoms. The highest BCUT2D eigenvalue weighted by Crippen LogP contribution is 2.46. The van der Waals surface area contributed by atoms with Gasteiger partial charge in [0, 0.05) is 28.9 Å². The summed E-state index contributed by atoms with van der Waals surface area (Å²) in [5.41, 5.74) is 0.476. The van der Waals surface area contributed by atoms with E-state index < -0.39 is 135 Å². The zero-order chi connectivity index (χ0) is 47.4. The number of ether oxygens (including phenoxy) is 10. The summed E-state index contributed by atoms with van der Waals surface area (Å²) in [5, 5.41) is 81.3. The van der Waals surface area contributed by atoms with E-state index in [1.165, 1.54) is 6.08 Å². The van der Waals surface area contributed by atoms with Crippen LogP contribution < -0.4 is 0 Å². The second kappa shape index (κ2) is 21.7. The van der Waals surface area contributed by atoms with Crippen molar-refractivity contribution >= 4 is 23.9 Å². The molecule has 0 aromatic carbocycles. The van der Waals surface area contributed by atoms with Crippen LogP contribution in [0.5, 0.6) is 0 Å². The molecule has 65 heavy (non-hydrogen) atoms. The molecule has 5 aliphatic heterocycles. The van der Waals surface area contributed by atoms with E-state index in [9.17, 15) is 60.0 Å². The zero-order valence-electron chi connectivity index (χ0n) is 36.5. The fraction of sp³-hybridized carbons (Fsp3) is 0.721. The third-order valence-electron chi connectivity index (χ3n) is 13.3. The number of carbonyl (C=O) groups excluding carboxylic acids is 4. The van der Waals surface area contributed by atoms with E-state index in [-0.39, 0.29) is 65.6 Å². The van der Waals surface area contributed by atoms with Crippen molar-refractivity contribution in [1.29, 1.82) is 0 Å². The summed E-state index contributed by atoms with van der Waals surface area (Å²) in [6.45, 7) is 5.37. The van der Waals surface area contributed by atoms with Crippen LogP contribution in [0, 0.1) is 35.5 Å².